The van der Waals surface area contributed by atoms with Crippen LogP contribution >= 0.6 is 11.6 Å². The molecule has 0 aromatic heterocycles. The number of aliphatic carboxylic acids is 1. The normalized spacial score (nSPS) is 21.6. The first-order valence-electron chi connectivity index (χ1n) is 13.0. The highest BCUT2D eigenvalue weighted by Crippen LogP contribution is 2.33. The van der Waals surface area contributed by atoms with Crippen LogP contribution in [0.2, 0.25) is 5.02 Å². The molecule has 12 heteroatoms. The van der Waals surface area contributed by atoms with E-state index in [2.05, 4.69) is 24.3 Å². The first kappa shape index (κ1) is 31.2. The molecule has 0 saturated carbocycles. The van der Waals surface area contributed by atoms with E-state index in [9.17, 15) is 33.0 Å². The lowest BCUT2D eigenvalue weighted by Gasteiger charge is -2.22. The second-order valence-corrected chi connectivity index (χ2v) is 10.3. The molecule has 0 bridgehead atoms. The highest BCUT2D eigenvalue weighted by molar-refractivity contribution is 6.30. The van der Waals surface area contributed by atoms with Crippen LogP contribution in [0.4, 0.5) is 13.2 Å². The Hall–Kier alpha value is -3.77. The highest BCUT2D eigenvalue weighted by Gasteiger charge is 2.43. The van der Waals surface area contributed by atoms with Crippen molar-refractivity contribution in [1.29, 1.82) is 0 Å². The molecule has 2 aliphatic heterocycles. The Morgan fingerprint density at radius 3 is 1.86 bits per heavy atom. The lowest BCUT2D eigenvalue weighted by molar-refractivity contribution is -0.192. The van der Waals surface area contributed by atoms with Crippen LogP contribution in [0.1, 0.15) is 39.1 Å². The fourth-order valence-corrected chi connectivity index (χ4v) is 5.09. The summed E-state index contributed by atoms with van der Waals surface area (Å²) in [6.07, 6.45) is -6.16. The van der Waals surface area contributed by atoms with Gasteiger partial charge in [0.05, 0.1) is 17.2 Å². The van der Waals surface area contributed by atoms with Gasteiger partial charge in [-0.15, -0.1) is 0 Å². The number of aryl methyl sites for hydroxylation is 1. The monoisotopic (exact) mass is 605 g/mol. The molecule has 5 rings (SSSR count). The zero-order chi connectivity index (χ0) is 30.6. The van der Waals surface area contributed by atoms with Gasteiger partial charge in [-0.3, -0.25) is 14.5 Å². The van der Waals surface area contributed by atoms with Crippen LogP contribution in [0.5, 0.6) is 0 Å². The number of carbonyl (C=O) groups is 3. The van der Waals surface area contributed by atoms with Gasteiger partial charge in [0.1, 0.15) is 6.10 Å². The molecule has 2 heterocycles. The minimum atomic E-state index is -5.08. The number of hydrogen-bond acceptors (Lipinski definition) is 6. The Kier molecular flexibility index (Phi) is 9.67. The molecule has 1 fully saturated rings. The second kappa shape index (κ2) is 13.0. The van der Waals surface area contributed by atoms with Gasteiger partial charge >= 0.3 is 12.1 Å². The number of halogens is 4. The van der Waals surface area contributed by atoms with Crippen molar-refractivity contribution in [1.82, 2.24) is 4.90 Å². The molecule has 0 spiro atoms. The number of carboxylic acid groups (broad SMARTS) is 1. The molecule has 0 aliphatic carbocycles. The number of ether oxygens (including phenoxy) is 1. The molecule has 0 radical (unpaired) electrons. The van der Waals surface area contributed by atoms with Gasteiger partial charge < -0.3 is 20.1 Å². The Morgan fingerprint density at radius 2 is 1.36 bits per heavy atom. The van der Waals surface area contributed by atoms with Crippen molar-refractivity contribution in [3.8, 4) is 11.1 Å². The van der Waals surface area contributed by atoms with Crippen LogP contribution < -0.4 is 0 Å². The quantitative estimate of drug-likeness (QED) is 0.325. The van der Waals surface area contributed by atoms with Gasteiger partial charge in [-0.25, -0.2) is 4.79 Å². The minimum absolute atomic E-state index is 0.163. The fraction of sp³-hybridized carbons (Fsp3) is 0.300. The molecule has 42 heavy (non-hydrogen) atoms. The van der Waals surface area contributed by atoms with Crippen molar-refractivity contribution in [2.45, 2.75) is 43.9 Å². The molecular formula is C30H27ClF3NO7. The summed E-state index contributed by atoms with van der Waals surface area (Å²) in [6.45, 7) is 0.163. The molecule has 222 valence electrons. The summed E-state index contributed by atoms with van der Waals surface area (Å²) >= 11 is 5.97. The summed E-state index contributed by atoms with van der Waals surface area (Å²) in [6, 6.07) is 22.7. The number of imide groups is 1. The van der Waals surface area contributed by atoms with E-state index in [-0.39, 0.29) is 30.4 Å². The molecule has 1 saturated heterocycles. The predicted octanol–water partition coefficient (Wildman–Crippen LogP) is 4.95. The molecule has 2 aliphatic rings. The molecule has 4 atom stereocenters. The SMILES string of the molecule is O=C(O)C(F)(F)F.O=C1c2ccccc2C(=O)N1CC[C@H]1[C@@H](O)[C@@H](O)O[C@@H]1CCc1ccc(-c2ccc(Cl)cc2)cc1. The van der Waals surface area contributed by atoms with Crippen molar-refractivity contribution in [3.05, 3.63) is 94.5 Å². The molecule has 3 aromatic rings. The van der Waals surface area contributed by atoms with E-state index < -0.39 is 24.5 Å². The lowest BCUT2D eigenvalue weighted by atomic mass is 9.90. The maximum absolute atomic E-state index is 12.7. The molecule has 8 nitrogen and oxygen atoms in total. The van der Waals surface area contributed by atoms with Crippen molar-refractivity contribution in [2.24, 2.45) is 5.92 Å². The first-order chi connectivity index (χ1) is 19.9. The molecule has 3 N–H and O–H groups in total. The van der Waals surface area contributed by atoms with Gasteiger partial charge in [0.25, 0.3) is 11.8 Å². The van der Waals surface area contributed by atoms with E-state index in [0.717, 1.165) is 16.7 Å². The van der Waals surface area contributed by atoms with Crippen LogP contribution in [-0.2, 0) is 16.0 Å². The minimum Gasteiger partial charge on any atom is -0.475 e. The van der Waals surface area contributed by atoms with Crippen LogP contribution in [0, 0.1) is 5.92 Å². The summed E-state index contributed by atoms with van der Waals surface area (Å²) in [5, 5.41) is 28.5. The summed E-state index contributed by atoms with van der Waals surface area (Å²) < 4.78 is 37.4. The van der Waals surface area contributed by atoms with E-state index >= 15 is 0 Å². The van der Waals surface area contributed by atoms with Crippen molar-refractivity contribution in [3.63, 3.8) is 0 Å². The van der Waals surface area contributed by atoms with Gasteiger partial charge in [-0.2, -0.15) is 13.2 Å². The van der Waals surface area contributed by atoms with Gasteiger partial charge in [-0.05, 0) is 60.2 Å². The largest absolute Gasteiger partial charge is 0.490 e. The second-order valence-electron chi connectivity index (χ2n) is 9.86. The lowest BCUT2D eigenvalue weighted by Crippen LogP contribution is -2.35. The Balaban J connectivity index is 0.000000517. The number of carboxylic acids is 1. The van der Waals surface area contributed by atoms with Crippen LogP contribution in [-0.4, -0.2) is 69.2 Å². The smallest absolute Gasteiger partial charge is 0.475 e. The Bertz CT molecular complexity index is 1400. The maximum Gasteiger partial charge on any atom is 0.490 e. The average molecular weight is 606 g/mol. The zero-order valence-electron chi connectivity index (χ0n) is 22.0. The summed E-state index contributed by atoms with van der Waals surface area (Å²) in [5.41, 5.74) is 4.09. The summed E-state index contributed by atoms with van der Waals surface area (Å²) in [5.74, 6) is -3.79. The molecule has 0 unspecified atom stereocenters. The van der Waals surface area contributed by atoms with E-state index in [1.165, 1.54) is 4.90 Å². The van der Waals surface area contributed by atoms with Crippen LogP contribution in [0.25, 0.3) is 11.1 Å². The van der Waals surface area contributed by atoms with Crippen molar-refractivity contribution in [2.75, 3.05) is 6.54 Å². The molecule has 2 amide bonds. The average Bonchev–Trinajstić information content (AvgIpc) is 3.37. The molecular weight excluding hydrogens is 579 g/mol. The van der Waals surface area contributed by atoms with Crippen LogP contribution in [0.3, 0.4) is 0 Å². The van der Waals surface area contributed by atoms with E-state index in [4.69, 9.17) is 26.2 Å². The fourth-order valence-electron chi connectivity index (χ4n) is 4.97. The third-order valence-corrected chi connectivity index (χ3v) is 7.43. The number of aliphatic hydroxyl groups excluding tert-OH is 2. The number of amides is 2. The topological polar surface area (TPSA) is 124 Å². The third-order valence-electron chi connectivity index (χ3n) is 7.18. The zero-order valence-corrected chi connectivity index (χ0v) is 22.8. The summed E-state index contributed by atoms with van der Waals surface area (Å²) in [7, 11) is 0. The van der Waals surface area contributed by atoms with Crippen molar-refractivity contribution < 1.29 is 47.6 Å². The van der Waals surface area contributed by atoms with E-state index in [1.54, 1.807) is 24.3 Å². The number of hydrogen-bond donors (Lipinski definition) is 3. The number of carbonyl (C=O) groups excluding carboxylic acids is 2. The van der Waals surface area contributed by atoms with Crippen LogP contribution in [0.15, 0.2) is 72.8 Å². The van der Waals surface area contributed by atoms with Gasteiger partial charge in [0.2, 0.25) is 0 Å². The predicted molar refractivity (Wildman–Crippen MR) is 146 cm³/mol. The number of rotatable bonds is 7. The number of fused-ring (bicyclic) bond motifs is 1. The number of alkyl halides is 3. The first-order valence-corrected chi connectivity index (χ1v) is 13.4. The third kappa shape index (κ3) is 7.16. The maximum atomic E-state index is 12.7. The Labute approximate surface area is 243 Å². The van der Waals surface area contributed by atoms with Crippen molar-refractivity contribution >= 4 is 29.4 Å². The number of nitrogens with zero attached hydrogens (tertiary/aromatic N) is 1. The number of aliphatic hydroxyl groups is 2. The van der Waals surface area contributed by atoms with Gasteiger partial charge in [-0.1, -0.05) is 60.1 Å². The van der Waals surface area contributed by atoms with E-state index in [0.29, 0.717) is 35.4 Å². The number of benzene rings is 3. The Morgan fingerprint density at radius 1 is 0.857 bits per heavy atom. The summed E-state index contributed by atoms with van der Waals surface area (Å²) in [4.78, 5) is 35.4. The van der Waals surface area contributed by atoms with Gasteiger partial charge in [0.15, 0.2) is 6.29 Å². The molecule has 3 aromatic carbocycles. The van der Waals surface area contributed by atoms with E-state index in [1.807, 2.05) is 24.3 Å². The van der Waals surface area contributed by atoms with Gasteiger partial charge in [0, 0.05) is 17.5 Å². The highest BCUT2D eigenvalue weighted by atomic mass is 35.5. The standard InChI is InChI=1S/C28H26ClNO5.C2HF3O2/c29-20-12-10-19(11-13-20)18-8-5-17(6-9-18)7-14-24-23(25(31)28(34)35-24)15-16-30-26(32)21-3-1-2-4-22(21)27(30)33;3-2(4,5)1(6)7/h1-6,8-13,23-25,28,31,34H,7,14-16H2;(H,6,7)/t23-,24-,25-,28+;/m1./s1.